The van der Waals surface area contributed by atoms with Crippen molar-refractivity contribution in [2.75, 3.05) is 25.0 Å². The summed E-state index contributed by atoms with van der Waals surface area (Å²) in [5.41, 5.74) is 0.709. The van der Waals surface area contributed by atoms with Crippen LogP contribution in [0.2, 0.25) is 5.02 Å². The summed E-state index contributed by atoms with van der Waals surface area (Å²) < 4.78 is 0. The SMILES string of the molecule is CC(C)(CCO)CNCC(=O)Nc1ccc(Cl)cc1. The second-order valence-corrected chi connectivity index (χ2v) is 5.73. The standard InChI is InChI=1S/C14H21ClN2O2/c1-14(2,7-8-18)10-16-9-13(19)17-12-5-3-11(15)4-6-12/h3-6,16,18H,7-10H2,1-2H3,(H,17,19). The number of benzene rings is 1. The zero-order chi connectivity index (χ0) is 14.3. The minimum Gasteiger partial charge on any atom is -0.396 e. The molecule has 0 bridgehead atoms. The van der Waals surface area contributed by atoms with E-state index in [9.17, 15) is 4.79 Å². The van der Waals surface area contributed by atoms with E-state index in [2.05, 4.69) is 10.6 Å². The molecule has 0 aliphatic rings. The molecule has 1 aromatic rings. The van der Waals surface area contributed by atoms with E-state index in [1.807, 2.05) is 13.8 Å². The number of amides is 1. The molecule has 0 aromatic heterocycles. The van der Waals surface area contributed by atoms with Crippen LogP contribution in [0.25, 0.3) is 0 Å². The number of rotatable bonds is 7. The molecule has 0 fully saturated rings. The number of hydrogen-bond acceptors (Lipinski definition) is 3. The van der Waals surface area contributed by atoms with Crippen LogP contribution in [0.1, 0.15) is 20.3 Å². The maximum atomic E-state index is 11.7. The fraction of sp³-hybridized carbons (Fsp3) is 0.500. The Hall–Kier alpha value is -1.10. The molecule has 0 saturated heterocycles. The van der Waals surface area contributed by atoms with E-state index in [1.54, 1.807) is 24.3 Å². The van der Waals surface area contributed by atoms with Gasteiger partial charge >= 0.3 is 0 Å². The fourth-order valence-corrected chi connectivity index (χ4v) is 1.77. The first-order valence-electron chi connectivity index (χ1n) is 6.30. The number of halogens is 1. The lowest BCUT2D eigenvalue weighted by Gasteiger charge is -2.23. The second kappa shape index (κ2) is 7.48. The maximum absolute atomic E-state index is 11.7. The van der Waals surface area contributed by atoms with Crippen molar-refractivity contribution in [3.8, 4) is 0 Å². The summed E-state index contributed by atoms with van der Waals surface area (Å²) in [6.07, 6.45) is 0.707. The summed E-state index contributed by atoms with van der Waals surface area (Å²) in [6.45, 7) is 5.19. The lowest BCUT2D eigenvalue weighted by molar-refractivity contribution is -0.115. The van der Waals surface area contributed by atoms with Crippen LogP contribution >= 0.6 is 11.6 Å². The van der Waals surface area contributed by atoms with E-state index in [4.69, 9.17) is 16.7 Å². The minimum atomic E-state index is -0.0953. The first kappa shape index (κ1) is 16.0. The molecule has 1 rings (SSSR count). The van der Waals surface area contributed by atoms with Gasteiger partial charge in [-0.3, -0.25) is 4.79 Å². The average Bonchev–Trinajstić information content (AvgIpc) is 2.31. The Morgan fingerprint density at radius 1 is 1.32 bits per heavy atom. The lowest BCUT2D eigenvalue weighted by atomic mass is 9.90. The van der Waals surface area contributed by atoms with E-state index in [-0.39, 0.29) is 24.5 Å². The van der Waals surface area contributed by atoms with Gasteiger partial charge in [0.1, 0.15) is 0 Å². The number of aliphatic hydroxyl groups is 1. The monoisotopic (exact) mass is 284 g/mol. The number of hydrogen-bond donors (Lipinski definition) is 3. The predicted molar refractivity (Wildman–Crippen MR) is 78.4 cm³/mol. The first-order valence-corrected chi connectivity index (χ1v) is 6.68. The fourth-order valence-electron chi connectivity index (χ4n) is 1.64. The predicted octanol–water partition coefficient (Wildman–Crippen LogP) is 2.28. The van der Waals surface area contributed by atoms with E-state index >= 15 is 0 Å². The van der Waals surface area contributed by atoms with Gasteiger partial charge in [0.15, 0.2) is 0 Å². The molecule has 0 heterocycles. The molecule has 4 nitrogen and oxygen atoms in total. The van der Waals surface area contributed by atoms with Crippen molar-refractivity contribution in [3.63, 3.8) is 0 Å². The highest BCUT2D eigenvalue weighted by Crippen LogP contribution is 2.17. The Labute approximate surface area is 119 Å². The highest BCUT2D eigenvalue weighted by Gasteiger charge is 2.16. The average molecular weight is 285 g/mol. The molecule has 0 saturated carbocycles. The van der Waals surface area contributed by atoms with Gasteiger partial charge in [-0.15, -0.1) is 0 Å². The van der Waals surface area contributed by atoms with Gasteiger partial charge in [0.05, 0.1) is 6.54 Å². The van der Waals surface area contributed by atoms with Crippen molar-refractivity contribution >= 4 is 23.2 Å². The number of aliphatic hydroxyl groups excluding tert-OH is 1. The molecule has 0 spiro atoms. The van der Waals surface area contributed by atoms with Crippen LogP contribution in [0.15, 0.2) is 24.3 Å². The van der Waals surface area contributed by atoms with E-state index in [0.717, 1.165) is 5.69 Å². The maximum Gasteiger partial charge on any atom is 0.238 e. The van der Waals surface area contributed by atoms with Crippen LogP contribution in [0.3, 0.4) is 0 Å². The Morgan fingerprint density at radius 3 is 2.53 bits per heavy atom. The third-order valence-electron chi connectivity index (χ3n) is 2.81. The molecule has 0 unspecified atom stereocenters. The molecule has 0 radical (unpaired) electrons. The van der Waals surface area contributed by atoms with Gasteiger partial charge < -0.3 is 15.7 Å². The van der Waals surface area contributed by atoms with Gasteiger partial charge in [0, 0.05) is 23.9 Å². The molecule has 5 heteroatoms. The molecule has 1 amide bonds. The van der Waals surface area contributed by atoms with Gasteiger partial charge in [0.2, 0.25) is 5.91 Å². The minimum absolute atomic E-state index is 0.0185. The van der Waals surface area contributed by atoms with E-state index < -0.39 is 0 Å². The third kappa shape index (κ3) is 6.57. The van der Waals surface area contributed by atoms with Gasteiger partial charge in [-0.25, -0.2) is 0 Å². The summed E-state index contributed by atoms with van der Waals surface area (Å²) in [6, 6.07) is 6.98. The quantitative estimate of drug-likeness (QED) is 0.720. The van der Waals surface area contributed by atoms with Crippen molar-refractivity contribution in [3.05, 3.63) is 29.3 Å². The molecule has 1 aromatic carbocycles. The van der Waals surface area contributed by atoms with Crippen LogP contribution in [-0.2, 0) is 4.79 Å². The number of carbonyl (C=O) groups excluding carboxylic acids is 1. The second-order valence-electron chi connectivity index (χ2n) is 5.30. The Kier molecular flexibility index (Phi) is 6.28. The summed E-state index contributed by atoms with van der Waals surface area (Å²) in [4.78, 5) is 11.7. The van der Waals surface area contributed by atoms with Crippen LogP contribution < -0.4 is 10.6 Å². The lowest BCUT2D eigenvalue weighted by Crippen LogP contribution is -2.35. The third-order valence-corrected chi connectivity index (χ3v) is 3.06. The van der Waals surface area contributed by atoms with Crippen molar-refractivity contribution in [1.29, 1.82) is 0 Å². The molecule has 19 heavy (non-hydrogen) atoms. The summed E-state index contributed by atoms with van der Waals surface area (Å²) >= 11 is 5.77. The number of carbonyl (C=O) groups is 1. The van der Waals surface area contributed by atoms with E-state index in [0.29, 0.717) is 18.0 Å². The molecule has 0 aliphatic heterocycles. The highest BCUT2D eigenvalue weighted by molar-refractivity contribution is 6.30. The van der Waals surface area contributed by atoms with Crippen molar-refractivity contribution in [2.45, 2.75) is 20.3 Å². The summed E-state index contributed by atoms with van der Waals surface area (Å²) in [5.74, 6) is -0.0953. The van der Waals surface area contributed by atoms with Crippen LogP contribution in [0, 0.1) is 5.41 Å². The summed E-state index contributed by atoms with van der Waals surface area (Å²) in [7, 11) is 0. The molecule has 0 aliphatic carbocycles. The van der Waals surface area contributed by atoms with Gasteiger partial charge in [0.25, 0.3) is 0 Å². The largest absolute Gasteiger partial charge is 0.396 e. The zero-order valence-corrected chi connectivity index (χ0v) is 12.1. The number of anilines is 1. The molecule has 0 atom stereocenters. The number of nitrogens with one attached hydrogen (secondary N) is 2. The van der Waals surface area contributed by atoms with Crippen LogP contribution in [0.4, 0.5) is 5.69 Å². The molecular formula is C14H21ClN2O2. The Bertz CT molecular complexity index is 404. The summed E-state index contributed by atoms with van der Waals surface area (Å²) in [5, 5.41) is 15.4. The molecule has 3 N–H and O–H groups in total. The van der Waals surface area contributed by atoms with Gasteiger partial charge in [-0.1, -0.05) is 25.4 Å². The Balaban J connectivity index is 2.30. The van der Waals surface area contributed by atoms with Crippen LogP contribution in [-0.4, -0.2) is 30.7 Å². The van der Waals surface area contributed by atoms with Crippen molar-refractivity contribution < 1.29 is 9.90 Å². The zero-order valence-electron chi connectivity index (χ0n) is 11.4. The van der Waals surface area contributed by atoms with Gasteiger partial charge in [-0.2, -0.15) is 0 Å². The Morgan fingerprint density at radius 2 is 1.95 bits per heavy atom. The van der Waals surface area contributed by atoms with E-state index in [1.165, 1.54) is 0 Å². The van der Waals surface area contributed by atoms with Crippen LogP contribution in [0.5, 0.6) is 0 Å². The van der Waals surface area contributed by atoms with Gasteiger partial charge in [-0.05, 0) is 36.1 Å². The molecule has 106 valence electrons. The normalized spacial score (nSPS) is 11.4. The topological polar surface area (TPSA) is 61.4 Å². The molecular weight excluding hydrogens is 264 g/mol. The van der Waals surface area contributed by atoms with Crippen molar-refractivity contribution in [1.82, 2.24) is 5.32 Å². The smallest absolute Gasteiger partial charge is 0.238 e. The highest BCUT2D eigenvalue weighted by atomic mass is 35.5. The first-order chi connectivity index (χ1) is 8.93. The van der Waals surface area contributed by atoms with Crippen molar-refractivity contribution in [2.24, 2.45) is 5.41 Å².